The van der Waals surface area contributed by atoms with Gasteiger partial charge in [0.1, 0.15) is 18.2 Å². The summed E-state index contributed by atoms with van der Waals surface area (Å²) < 4.78 is 0. The molecule has 0 unspecified atom stereocenters. The smallest absolute Gasteiger partial charge is 0.154 e. The van der Waals surface area contributed by atoms with E-state index < -0.39 is 0 Å². The zero-order valence-corrected chi connectivity index (χ0v) is 10.8. The molecule has 1 aliphatic rings. The SMILES string of the molecule is Cc1ccc(C2=CC=C(C#N)C(=C(C#N)C#N)N2)cc1. The van der Waals surface area contributed by atoms with Crippen LogP contribution >= 0.6 is 0 Å². The summed E-state index contributed by atoms with van der Waals surface area (Å²) in [5, 5.41) is 30.0. The molecule has 20 heavy (non-hydrogen) atoms. The van der Waals surface area contributed by atoms with E-state index in [0.29, 0.717) is 0 Å². The van der Waals surface area contributed by atoms with Crippen LogP contribution < -0.4 is 5.32 Å². The second kappa shape index (κ2) is 5.57. The molecule has 1 aliphatic heterocycles. The Bertz CT molecular complexity index is 741. The average Bonchev–Trinajstić information content (AvgIpc) is 2.49. The van der Waals surface area contributed by atoms with Crippen molar-refractivity contribution in [1.82, 2.24) is 5.32 Å². The number of nitrogens with zero attached hydrogens (tertiary/aromatic N) is 3. The first-order valence-electron chi connectivity index (χ1n) is 5.90. The molecule has 2 rings (SSSR count). The number of rotatable bonds is 1. The van der Waals surface area contributed by atoms with Crippen LogP contribution in [0.4, 0.5) is 0 Å². The minimum atomic E-state index is -0.101. The molecule has 0 aliphatic carbocycles. The Hall–Kier alpha value is -3.29. The minimum absolute atomic E-state index is 0.101. The predicted molar refractivity (Wildman–Crippen MR) is 74.2 cm³/mol. The first-order valence-corrected chi connectivity index (χ1v) is 5.90. The number of aryl methyl sites for hydroxylation is 1. The molecule has 1 aromatic carbocycles. The summed E-state index contributed by atoms with van der Waals surface area (Å²) in [5.74, 6) is 0. The molecular formula is C16H10N4. The molecule has 4 nitrogen and oxygen atoms in total. The lowest BCUT2D eigenvalue weighted by atomic mass is 10.0. The van der Waals surface area contributed by atoms with Crippen LogP contribution in [0.1, 0.15) is 11.1 Å². The Morgan fingerprint density at radius 2 is 1.65 bits per heavy atom. The Labute approximate surface area is 117 Å². The third-order valence-corrected chi connectivity index (χ3v) is 2.90. The van der Waals surface area contributed by atoms with Gasteiger partial charge in [-0.3, -0.25) is 0 Å². The van der Waals surface area contributed by atoms with Crippen molar-refractivity contribution in [1.29, 1.82) is 15.8 Å². The van der Waals surface area contributed by atoms with Crippen molar-refractivity contribution in [3.05, 3.63) is 64.4 Å². The fourth-order valence-electron chi connectivity index (χ4n) is 1.82. The maximum absolute atomic E-state index is 9.05. The first kappa shape index (κ1) is 13.1. The Morgan fingerprint density at radius 3 is 2.20 bits per heavy atom. The van der Waals surface area contributed by atoms with Gasteiger partial charge in [-0.1, -0.05) is 29.8 Å². The Morgan fingerprint density at radius 1 is 1.00 bits per heavy atom. The molecular weight excluding hydrogens is 248 g/mol. The van der Waals surface area contributed by atoms with Crippen LogP contribution in [0.15, 0.2) is 53.3 Å². The molecule has 0 amide bonds. The lowest BCUT2D eigenvalue weighted by Crippen LogP contribution is -2.18. The summed E-state index contributed by atoms with van der Waals surface area (Å²) >= 11 is 0. The average molecular weight is 258 g/mol. The van der Waals surface area contributed by atoms with Gasteiger partial charge in [0.25, 0.3) is 0 Å². The van der Waals surface area contributed by atoms with E-state index in [9.17, 15) is 0 Å². The van der Waals surface area contributed by atoms with E-state index in [-0.39, 0.29) is 16.8 Å². The zero-order chi connectivity index (χ0) is 14.5. The molecule has 0 saturated heterocycles. The summed E-state index contributed by atoms with van der Waals surface area (Å²) in [5.41, 5.74) is 3.26. The molecule has 0 aromatic heterocycles. The summed E-state index contributed by atoms with van der Waals surface area (Å²) in [4.78, 5) is 0. The van der Waals surface area contributed by atoms with E-state index in [1.807, 2.05) is 37.3 Å². The molecule has 0 fully saturated rings. The molecule has 1 aromatic rings. The normalized spacial score (nSPS) is 13.0. The third-order valence-electron chi connectivity index (χ3n) is 2.90. The molecule has 0 spiro atoms. The number of nitriles is 3. The van der Waals surface area contributed by atoms with Crippen molar-refractivity contribution in [2.75, 3.05) is 0 Å². The van der Waals surface area contributed by atoms with E-state index in [2.05, 4.69) is 5.32 Å². The summed E-state index contributed by atoms with van der Waals surface area (Å²) in [7, 11) is 0. The quantitative estimate of drug-likeness (QED) is 0.785. The lowest BCUT2D eigenvalue weighted by Gasteiger charge is -2.17. The molecule has 1 heterocycles. The summed E-state index contributed by atoms with van der Waals surface area (Å²) in [6.45, 7) is 1.99. The maximum Gasteiger partial charge on any atom is 0.154 e. The van der Waals surface area contributed by atoms with Crippen molar-refractivity contribution >= 4 is 5.70 Å². The topological polar surface area (TPSA) is 83.4 Å². The van der Waals surface area contributed by atoms with Crippen LogP contribution in [0.2, 0.25) is 0 Å². The molecule has 4 heteroatoms. The van der Waals surface area contributed by atoms with Crippen LogP contribution in [0.5, 0.6) is 0 Å². The minimum Gasteiger partial charge on any atom is -0.352 e. The highest BCUT2D eigenvalue weighted by Gasteiger charge is 2.17. The highest BCUT2D eigenvalue weighted by molar-refractivity contribution is 5.73. The fourth-order valence-corrected chi connectivity index (χ4v) is 1.82. The van der Waals surface area contributed by atoms with Crippen LogP contribution in [0.25, 0.3) is 5.70 Å². The monoisotopic (exact) mass is 258 g/mol. The van der Waals surface area contributed by atoms with Crippen molar-refractivity contribution in [2.24, 2.45) is 0 Å². The molecule has 1 N–H and O–H groups in total. The van der Waals surface area contributed by atoms with Crippen molar-refractivity contribution in [2.45, 2.75) is 6.92 Å². The van der Waals surface area contributed by atoms with Gasteiger partial charge < -0.3 is 5.32 Å². The van der Waals surface area contributed by atoms with Crippen LogP contribution in [-0.2, 0) is 0 Å². The number of nitrogens with one attached hydrogen (secondary N) is 1. The number of allylic oxidation sites excluding steroid dienone is 4. The van der Waals surface area contributed by atoms with Gasteiger partial charge in [0.05, 0.1) is 11.3 Å². The number of benzene rings is 1. The van der Waals surface area contributed by atoms with E-state index in [1.165, 1.54) is 0 Å². The Kier molecular flexibility index (Phi) is 3.66. The number of hydrogen-bond donors (Lipinski definition) is 1. The van der Waals surface area contributed by atoms with Gasteiger partial charge in [-0.05, 0) is 24.6 Å². The second-order valence-electron chi connectivity index (χ2n) is 4.24. The first-order chi connectivity index (χ1) is 9.69. The lowest BCUT2D eigenvalue weighted by molar-refractivity contribution is 1.08. The molecule has 0 atom stereocenters. The van der Waals surface area contributed by atoms with Crippen molar-refractivity contribution in [3.8, 4) is 18.2 Å². The predicted octanol–water partition coefficient (Wildman–Crippen LogP) is 2.69. The van der Waals surface area contributed by atoms with Crippen LogP contribution in [0, 0.1) is 40.9 Å². The van der Waals surface area contributed by atoms with Gasteiger partial charge in [-0.25, -0.2) is 0 Å². The Balaban J connectivity index is 2.49. The fraction of sp³-hybridized carbons (Fsp3) is 0.0625. The van der Waals surface area contributed by atoms with Gasteiger partial charge in [0.2, 0.25) is 0 Å². The molecule has 0 radical (unpaired) electrons. The van der Waals surface area contributed by atoms with Crippen LogP contribution in [-0.4, -0.2) is 0 Å². The van der Waals surface area contributed by atoms with E-state index in [4.69, 9.17) is 15.8 Å². The molecule has 94 valence electrons. The third kappa shape index (κ3) is 2.43. The van der Waals surface area contributed by atoms with E-state index in [0.717, 1.165) is 16.8 Å². The van der Waals surface area contributed by atoms with Gasteiger partial charge in [0.15, 0.2) is 5.57 Å². The van der Waals surface area contributed by atoms with Crippen molar-refractivity contribution in [3.63, 3.8) is 0 Å². The van der Waals surface area contributed by atoms with Crippen molar-refractivity contribution < 1.29 is 0 Å². The zero-order valence-electron chi connectivity index (χ0n) is 10.8. The second-order valence-corrected chi connectivity index (χ2v) is 4.24. The van der Waals surface area contributed by atoms with Gasteiger partial charge in [0, 0.05) is 5.70 Å². The maximum atomic E-state index is 9.05. The van der Waals surface area contributed by atoms with Gasteiger partial charge in [-0.15, -0.1) is 0 Å². The van der Waals surface area contributed by atoms with Gasteiger partial charge in [-0.2, -0.15) is 15.8 Å². The molecule has 0 bridgehead atoms. The number of hydrogen-bond acceptors (Lipinski definition) is 4. The van der Waals surface area contributed by atoms with Gasteiger partial charge >= 0.3 is 0 Å². The highest BCUT2D eigenvalue weighted by atomic mass is 14.9. The highest BCUT2D eigenvalue weighted by Crippen LogP contribution is 2.23. The van der Waals surface area contributed by atoms with Crippen LogP contribution in [0.3, 0.4) is 0 Å². The van der Waals surface area contributed by atoms with E-state index >= 15 is 0 Å². The molecule has 0 saturated carbocycles. The number of dihydropyridines is 1. The largest absolute Gasteiger partial charge is 0.352 e. The standard InChI is InChI=1S/C16H10N4/c1-11-2-4-12(5-3-11)15-7-6-13(8-17)16(20-15)14(9-18)10-19/h2-7,20H,1H3. The summed E-state index contributed by atoms with van der Waals surface area (Å²) in [6.07, 6.45) is 3.37. The van der Waals surface area contributed by atoms with E-state index in [1.54, 1.807) is 24.3 Å². The summed E-state index contributed by atoms with van der Waals surface area (Å²) in [6, 6.07) is 13.4.